The maximum Gasteiger partial charge on any atom is 0.134 e. The molecule has 0 saturated heterocycles. The summed E-state index contributed by atoms with van der Waals surface area (Å²) in [6.45, 7) is 0. The van der Waals surface area contributed by atoms with Crippen LogP contribution >= 0.6 is 0 Å². The van der Waals surface area contributed by atoms with Crippen molar-refractivity contribution in [1.82, 2.24) is 29.1 Å². The highest BCUT2D eigenvalue weighted by atomic mass is 19.1. The molecule has 0 saturated carbocycles. The lowest BCUT2D eigenvalue weighted by molar-refractivity contribution is 0.589. The van der Waals surface area contributed by atoms with Crippen molar-refractivity contribution in [3.63, 3.8) is 0 Å². The largest absolute Gasteiger partial charge is 0.308 e. The van der Waals surface area contributed by atoms with Crippen LogP contribution in [0, 0.1) is 23.0 Å². The van der Waals surface area contributed by atoms with Crippen LogP contribution in [0.25, 0.3) is 156 Å². The van der Waals surface area contributed by atoms with Crippen LogP contribution in [0.15, 0.2) is 298 Å². The molecule has 0 aliphatic rings. The molecule has 6 heterocycles. The molecule has 0 bridgehead atoms. The van der Waals surface area contributed by atoms with Crippen LogP contribution in [0.1, 0.15) is 5.56 Å². The number of benzene rings is 10. The third kappa shape index (κ3) is 9.35. The molecule has 0 aliphatic carbocycles. The van der Waals surface area contributed by atoms with Crippen LogP contribution < -0.4 is 0 Å². The van der Waals surface area contributed by atoms with Gasteiger partial charge < -0.3 is 9.13 Å². The monoisotopic (exact) mass is 1160 g/mol. The SMILES string of the molecule is N#Cc1c(-n2c3cc(-c4ccnc(-c5ccccc5)c4)ccc3c3ccc(-c4ccnc(-c5ccccc5)c4)cc32)ccc(-c2c(F)cccc2F)c1-n1c2cc(-c3ccnc(-c4ccccc4)c3)ccc2c2ccc(-c3ccnc(-c4ccccc4)c3)cc21. The Morgan fingerprint density at radius 3 is 0.922 bits per heavy atom. The fraction of sp³-hybridized carbons (Fsp3) is 0. The average molecular weight is 1160 g/mol. The van der Waals surface area contributed by atoms with Gasteiger partial charge in [0.1, 0.15) is 23.3 Å². The zero-order valence-corrected chi connectivity index (χ0v) is 48.2. The molecule has 90 heavy (non-hydrogen) atoms. The van der Waals surface area contributed by atoms with Crippen molar-refractivity contribution in [1.29, 1.82) is 5.26 Å². The molecule has 0 spiro atoms. The van der Waals surface area contributed by atoms with Gasteiger partial charge in [0.25, 0.3) is 0 Å². The molecular weight excluding hydrogens is 1110 g/mol. The maximum atomic E-state index is 17.1. The van der Waals surface area contributed by atoms with Crippen molar-refractivity contribution in [3.8, 4) is 118 Å². The number of nitrogens with zero attached hydrogens (tertiary/aromatic N) is 7. The van der Waals surface area contributed by atoms with Crippen molar-refractivity contribution in [2.75, 3.05) is 0 Å². The molecular formula is C81H49F2N7. The molecule has 16 rings (SSSR count). The highest BCUT2D eigenvalue weighted by molar-refractivity contribution is 6.14. The first-order valence-corrected chi connectivity index (χ1v) is 29.7. The molecule has 10 aromatic carbocycles. The first-order chi connectivity index (χ1) is 44.4. The summed E-state index contributed by atoms with van der Waals surface area (Å²) in [7, 11) is 0. The van der Waals surface area contributed by atoms with Crippen LogP contribution in [-0.2, 0) is 0 Å². The highest BCUT2D eigenvalue weighted by Gasteiger charge is 2.28. The summed E-state index contributed by atoms with van der Waals surface area (Å²) >= 11 is 0. The van der Waals surface area contributed by atoms with E-state index in [9.17, 15) is 5.26 Å². The summed E-state index contributed by atoms with van der Waals surface area (Å²) in [6, 6.07) is 92.4. The van der Waals surface area contributed by atoms with Gasteiger partial charge in [-0.25, -0.2) is 8.78 Å². The fourth-order valence-corrected chi connectivity index (χ4v) is 12.8. The second-order valence-corrected chi connectivity index (χ2v) is 22.3. The standard InChI is InChI=1S/C81H49F2N7/c82-69-22-13-23-70(83)80(69)67-32-33-75(89-76-46-55(59-34-38-85-71(42-59)51-14-5-1-6-15-51)24-28-63(76)64-29-25-56(47-77(64)89)60-35-39-86-72(43-60)52-16-7-2-8-17-52)68(50-84)81(67)90-78-48-57(61-36-40-87-73(44-61)53-18-9-3-10-19-53)26-30-65(78)66-31-27-58(49-79(66)90)62-37-41-88-74(45-62)54-20-11-4-12-21-54/h1-49H. The van der Waals surface area contributed by atoms with E-state index in [0.29, 0.717) is 11.4 Å². The lowest BCUT2D eigenvalue weighted by Gasteiger charge is -2.21. The first-order valence-electron chi connectivity index (χ1n) is 29.7. The number of rotatable bonds is 11. The fourth-order valence-electron chi connectivity index (χ4n) is 12.8. The van der Waals surface area contributed by atoms with Gasteiger partial charge in [-0.15, -0.1) is 0 Å². The van der Waals surface area contributed by atoms with Gasteiger partial charge in [-0.2, -0.15) is 5.26 Å². The molecule has 0 aliphatic heterocycles. The van der Waals surface area contributed by atoms with E-state index in [2.05, 4.69) is 137 Å². The van der Waals surface area contributed by atoms with Crippen molar-refractivity contribution in [2.24, 2.45) is 0 Å². The van der Waals surface area contributed by atoms with Crippen LogP contribution in [0.2, 0.25) is 0 Å². The number of aromatic nitrogens is 6. The van der Waals surface area contributed by atoms with Gasteiger partial charge in [0.15, 0.2) is 0 Å². The molecule has 422 valence electrons. The van der Waals surface area contributed by atoms with E-state index < -0.39 is 11.6 Å². The van der Waals surface area contributed by atoms with Gasteiger partial charge in [-0.1, -0.05) is 176 Å². The molecule has 0 atom stereocenters. The lowest BCUT2D eigenvalue weighted by Crippen LogP contribution is -2.07. The first kappa shape index (κ1) is 53.2. The van der Waals surface area contributed by atoms with Crippen molar-refractivity contribution in [3.05, 3.63) is 315 Å². The maximum absolute atomic E-state index is 17.1. The molecule has 9 heteroatoms. The van der Waals surface area contributed by atoms with E-state index in [4.69, 9.17) is 19.9 Å². The van der Waals surface area contributed by atoms with Crippen molar-refractivity contribution >= 4 is 43.6 Å². The average Bonchev–Trinajstić information content (AvgIpc) is 1.54. The van der Waals surface area contributed by atoms with E-state index in [1.54, 1.807) is 6.07 Å². The summed E-state index contributed by atoms with van der Waals surface area (Å²) in [5.41, 5.74) is 18.5. The zero-order valence-electron chi connectivity index (χ0n) is 48.2. The van der Waals surface area contributed by atoms with Crippen LogP contribution in [0.5, 0.6) is 0 Å². The second kappa shape index (κ2) is 22.2. The van der Waals surface area contributed by atoms with Gasteiger partial charge in [0, 0.05) is 74.1 Å². The Kier molecular flexibility index (Phi) is 13.2. The van der Waals surface area contributed by atoms with Crippen LogP contribution in [0.3, 0.4) is 0 Å². The quantitative estimate of drug-likeness (QED) is 0.129. The number of hydrogen-bond acceptors (Lipinski definition) is 5. The Hall–Kier alpha value is -12.3. The number of nitriles is 1. The minimum atomic E-state index is -0.768. The third-order valence-corrected chi connectivity index (χ3v) is 17.2. The summed E-state index contributed by atoms with van der Waals surface area (Å²) in [4.78, 5) is 19.1. The van der Waals surface area contributed by atoms with E-state index >= 15 is 8.78 Å². The van der Waals surface area contributed by atoms with E-state index in [1.165, 1.54) is 18.2 Å². The number of hydrogen-bond donors (Lipinski definition) is 0. The Labute approximate surface area is 517 Å². The van der Waals surface area contributed by atoms with Gasteiger partial charge in [-0.05, 0) is 142 Å². The molecule has 16 aromatic rings. The van der Waals surface area contributed by atoms with E-state index in [-0.39, 0.29) is 16.7 Å². The summed E-state index contributed by atoms with van der Waals surface area (Å²) in [5.74, 6) is -1.54. The van der Waals surface area contributed by atoms with E-state index in [0.717, 1.165) is 133 Å². The Balaban J connectivity index is 1.00. The van der Waals surface area contributed by atoms with Crippen LogP contribution in [0.4, 0.5) is 8.78 Å². The molecule has 0 radical (unpaired) electrons. The molecule has 6 aromatic heterocycles. The predicted octanol–water partition coefficient (Wildman–Crippen LogP) is 20.6. The molecule has 0 fully saturated rings. The van der Waals surface area contributed by atoms with Gasteiger partial charge in [0.05, 0.1) is 61.8 Å². The lowest BCUT2D eigenvalue weighted by atomic mass is 9.96. The minimum absolute atomic E-state index is 0.190. The summed E-state index contributed by atoms with van der Waals surface area (Å²) in [6.07, 6.45) is 7.29. The summed E-state index contributed by atoms with van der Waals surface area (Å²) in [5, 5.41) is 16.0. The normalized spacial score (nSPS) is 11.4. The molecule has 0 unspecified atom stereocenters. The Bertz CT molecular complexity index is 5220. The van der Waals surface area contributed by atoms with Gasteiger partial charge in [-0.3, -0.25) is 19.9 Å². The molecule has 7 nitrogen and oxygen atoms in total. The Morgan fingerprint density at radius 1 is 0.289 bits per heavy atom. The zero-order chi connectivity index (χ0) is 60.2. The molecule has 0 N–H and O–H groups in total. The summed E-state index contributed by atoms with van der Waals surface area (Å²) < 4.78 is 38.3. The number of fused-ring (bicyclic) bond motifs is 6. The second-order valence-electron chi connectivity index (χ2n) is 22.3. The van der Waals surface area contributed by atoms with Gasteiger partial charge >= 0.3 is 0 Å². The third-order valence-electron chi connectivity index (χ3n) is 17.2. The Morgan fingerprint density at radius 2 is 0.600 bits per heavy atom. The van der Waals surface area contributed by atoms with E-state index in [1.807, 2.05) is 152 Å². The minimum Gasteiger partial charge on any atom is -0.308 e. The number of pyridine rings is 4. The smallest absolute Gasteiger partial charge is 0.134 e. The predicted molar refractivity (Wildman–Crippen MR) is 360 cm³/mol. The van der Waals surface area contributed by atoms with Gasteiger partial charge in [0.2, 0.25) is 0 Å². The van der Waals surface area contributed by atoms with Crippen molar-refractivity contribution in [2.45, 2.75) is 0 Å². The van der Waals surface area contributed by atoms with Crippen molar-refractivity contribution < 1.29 is 8.78 Å². The topological polar surface area (TPSA) is 85.2 Å². The van der Waals surface area contributed by atoms with Crippen LogP contribution in [-0.4, -0.2) is 29.1 Å². The highest BCUT2D eigenvalue weighted by Crippen LogP contribution is 2.46. The number of halogens is 2. The molecule has 0 amide bonds.